The van der Waals surface area contributed by atoms with E-state index >= 15 is 0 Å². The number of nitrogens with two attached hydrogens (primary N) is 1. The molecule has 0 aliphatic rings. The molecule has 1 rings (SSSR count). The first-order chi connectivity index (χ1) is 7.19. The Hall–Kier alpha value is 0.0900. The van der Waals surface area contributed by atoms with Crippen LogP contribution in [0.15, 0.2) is 35.3 Å². The molecular weight excluding hydrogens is 367 g/mol. The first-order valence-corrected chi connectivity index (χ1v) is 6.58. The molecule has 15 heavy (non-hydrogen) atoms. The maximum absolute atomic E-state index is 5.56. The van der Waals surface area contributed by atoms with E-state index in [0.29, 0.717) is 0 Å². The standard InChI is InChI=1S/C11H14BrIN2/c1-2-3-4-11(15-14)9-7-8(12)5-6-10(9)13/h2,5-7,11,15H,1,3-4,14H2. The molecule has 0 spiro atoms. The average Bonchev–Trinajstić information content (AvgIpc) is 2.24. The molecule has 0 bridgehead atoms. The van der Waals surface area contributed by atoms with Gasteiger partial charge in [-0.3, -0.25) is 11.3 Å². The van der Waals surface area contributed by atoms with Gasteiger partial charge in [-0.05, 0) is 59.2 Å². The molecule has 0 aliphatic carbocycles. The van der Waals surface area contributed by atoms with Gasteiger partial charge in [0.1, 0.15) is 0 Å². The van der Waals surface area contributed by atoms with Gasteiger partial charge in [-0.1, -0.05) is 22.0 Å². The van der Waals surface area contributed by atoms with Crippen LogP contribution in [0.3, 0.4) is 0 Å². The van der Waals surface area contributed by atoms with E-state index < -0.39 is 0 Å². The maximum Gasteiger partial charge on any atom is 0.0473 e. The minimum absolute atomic E-state index is 0.187. The van der Waals surface area contributed by atoms with Crippen LogP contribution in [0, 0.1) is 3.57 Å². The molecule has 0 aromatic heterocycles. The molecule has 1 unspecified atom stereocenters. The largest absolute Gasteiger partial charge is 0.271 e. The minimum atomic E-state index is 0.187. The molecule has 82 valence electrons. The molecule has 1 aromatic carbocycles. The second-order valence-corrected chi connectivity index (χ2v) is 5.33. The van der Waals surface area contributed by atoms with Crippen molar-refractivity contribution in [3.05, 3.63) is 44.5 Å². The van der Waals surface area contributed by atoms with Gasteiger partial charge in [-0.15, -0.1) is 6.58 Å². The Morgan fingerprint density at radius 1 is 1.60 bits per heavy atom. The Morgan fingerprint density at radius 2 is 2.33 bits per heavy atom. The Labute approximate surface area is 113 Å². The molecule has 0 heterocycles. The second kappa shape index (κ2) is 6.62. The van der Waals surface area contributed by atoms with Gasteiger partial charge in [0.2, 0.25) is 0 Å². The summed E-state index contributed by atoms with van der Waals surface area (Å²) in [6.07, 6.45) is 3.83. The fraction of sp³-hybridized carbons (Fsp3) is 0.273. The van der Waals surface area contributed by atoms with Gasteiger partial charge in [0, 0.05) is 14.1 Å². The molecule has 0 saturated heterocycles. The van der Waals surface area contributed by atoms with Gasteiger partial charge in [-0.25, -0.2) is 0 Å². The third-order valence-electron chi connectivity index (χ3n) is 2.19. The topological polar surface area (TPSA) is 38.0 Å². The Bertz CT molecular complexity index is 341. The molecule has 0 amide bonds. The van der Waals surface area contributed by atoms with Crippen LogP contribution >= 0.6 is 38.5 Å². The highest BCUT2D eigenvalue weighted by Crippen LogP contribution is 2.26. The number of hydrogen-bond donors (Lipinski definition) is 2. The molecule has 0 radical (unpaired) electrons. The number of hydrogen-bond acceptors (Lipinski definition) is 2. The highest BCUT2D eigenvalue weighted by molar-refractivity contribution is 14.1. The van der Waals surface area contributed by atoms with Crippen LogP contribution in [-0.4, -0.2) is 0 Å². The Balaban J connectivity index is 2.89. The number of nitrogens with one attached hydrogen (secondary N) is 1. The summed E-state index contributed by atoms with van der Waals surface area (Å²) < 4.78 is 2.31. The average molecular weight is 381 g/mol. The number of allylic oxidation sites excluding steroid dienone is 1. The monoisotopic (exact) mass is 380 g/mol. The summed E-state index contributed by atoms with van der Waals surface area (Å²) in [6, 6.07) is 6.41. The first-order valence-electron chi connectivity index (χ1n) is 4.71. The van der Waals surface area contributed by atoms with Crippen molar-refractivity contribution < 1.29 is 0 Å². The van der Waals surface area contributed by atoms with E-state index in [0.717, 1.165) is 17.3 Å². The van der Waals surface area contributed by atoms with Crippen molar-refractivity contribution in [2.75, 3.05) is 0 Å². The van der Waals surface area contributed by atoms with Crippen molar-refractivity contribution in [2.24, 2.45) is 5.84 Å². The van der Waals surface area contributed by atoms with Crippen molar-refractivity contribution in [1.29, 1.82) is 0 Å². The van der Waals surface area contributed by atoms with Crippen LogP contribution in [0.5, 0.6) is 0 Å². The fourth-order valence-electron chi connectivity index (χ4n) is 1.39. The molecule has 0 fully saturated rings. The summed E-state index contributed by atoms with van der Waals surface area (Å²) in [5.41, 5.74) is 4.08. The van der Waals surface area contributed by atoms with E-state index in [1.165, 1.54) is 9.13 Å². The lowest BCUT2D eigenvalue weighted by atomic mass is 10.0. The summed E-state index contributed by atoms with van der Waals surface area (Å²) in [4.78, 5) is 0. The number of benzene rings is 1. The Morgan fingerprint density at radius 3 is 2.93 bits per heavy atom. The summed E-state index contributed by atoms with van der Waals surface area (Å²) in [5, 5.41) is 0. The summed E-state index contributed by atoms with van der Waals surface area (Å²) in [5.74, 6) is 5.56. The van der Waals surface area contributed by atoms with Gasteiger partial charge in [0.15, 0.2) is 0 Å². The summed E-state index contributed by atoms with van der Waals surface area (Å²) in [6.45, 7) is 3.72. The normalized spacial score (nSPS) is 12.5. The SMILES string of the molecule is C=CCCC(NN)c1cc(Br)ccc1I. The van der Waals surface area contributed by atoms with E-state index in [1.807, 2.05) is 12.1 Å². The molecule has 1 atom stereocenters. The van der Waals surface area contributed by atoms with Crippen molar-refractivity contribution >= 4 is 38.5 Å². The van der Waals surface area contributed by atoms with Crippen LogP contribution in [0.4, 0.5) is 0 Å². The lowest BCUT2D eigenvalue weighted by Gasteiger charge is -2.17. The highest BCUT2D eigenvalue weighted by Gasteiger charge is 2.12. The van der Waals surface area contributed by atoms with E-state index in [4.69, 9.17) is 5.84 Å². The lowest BCUT2D eigenvalue weighted by molar-refractivity contribution is 0.518. The van der Waals surface area contributed by atoms with Crippen LogP contribution < -0.4 is 11.3 Å². The maximum atomic E-state index is 5.56. The number of rotatable bonds is 5. The molecule has 3 N–H and O–H groups in total. The van der Waals surface area contributed by atoms with Gasteiger partial charge in [0.05, 0.1) is 0 Å². The third-order valence-corrected chi connectivity index (χ3v) is 3.67. The van der Waals surface area contributed by atoms with Crippen molar-refractivity contribution in [3.8, 4) is 0 Å². The molecule has 1 aromatic rings. The number of halogens is 2. The van der Waals surface area contributed by atoms with Crippen molar-refractivity contribution in [2.45, 2.75) is 18.9 Å². The van der Waals surface area contributed by atoms with Gasteiger partial charge < -0.3 is 0 Å². The van der Waals surface area contributed by atoms with Crippen molar-refractivity contribution in [3.63, 3.8) is 0 Å². The third kappa shape index (κ3) is 3.86. The highest BCUT2D eigenvalue weighted by atomic mass is 127. The molecular formula is C11H14BrIN2. The second-order valence-electron chi connectivity index (χ2n) is 3.25. The molecule has 0 saturated carbocycles. The van der Waals surface area contributed by atoms with E-state index in [9.17, 15) is 0 Å². The zero-order valence-electron chi connectivity index (χ0n) is 8.34. The quantitative estimate of drug-likeness (QED) is 0.355. The van der Waals surface area contributed by atoms with Crippen LogP contribution in [-0.2, 0) is 0 Å². The molecule has 4 heteroatoms. The van der Waals surface area contributed by atoms with Gasteiger partial charge >= 0.3 is 0 Å². The number of hydrazine groups is 1. The molecule has 2 nitrogen and oxygen atoms in total. The van der Waals surface area contributed by atoms with E-state index in [2.05, 4.69) is 62.7 Å². The molecule has 0 aliphatic heterocycles. The summed E-state index contributed by atoms with van der Waals surface area (Å²) in [7, 11) is 0. The zero-order valence-corrected chi connectivity index (χ0v) is 12.1. The van der Waals surface area contributed by atoms with Crippen molar-refractivity contribution in [1.82, 2.24) is 5.43 Å². The van der Waals surface area contributed by atoms with Crippen LogP contribution in [0.25, 0.3) is 0 Å². The van der Waals surface area contributed by atoms with Crippen LogP contribution in [0.2, 0.25) is 0 Å². The Kier molecular flexibility index (Phi) is 5.81. The fourth-order valence-corrected chi connectivity index (χ4v) is 2.48. The smallest absolute Gasteiger partial charge is 0.0473 e. The predicted octanol–water partition coefficient (Wildman–Crippen LogP) is 3.52. The van der Waals surface area contributed by atoms with E-state index in [-0.39, 0.29) is 6.04 Å². The van der Waals surface area contributed by atoms with E-state index in [1.54, 1.807) is 0 Å². The van der Waals surface area contributed by atoms with Gasteiger partial charge in [0.25, 0.3) is 0 Å². The first kappa shape index (κ1) is 13.2. The minimum Gasteiger partial charge on any atom is -0.271 e. The predicted molar refractivity (Wildman–Crippen MR) is 76.4 cm³/mol. The zero-order chi connectivity index (χ0) is 11.3. The van der Waals surface area contributed by atoms with Gasteiger partial charge in [-0.2, -0.15) is 0 Å². The van der Waals surface area contributed by atoms with Crippen LogP contribution in [0.1, 0.15) is 24.4 Å². The lowest BCUT2D eigenvalue weighted by Crippen LogP contribution is -2.28. The summed E-state index contributed by atoms with van der Waals surface area (Å²) >= 11 is 5.80.